The molecule has 0 aromatic heterocycles. The second kappa shape index (κ2) is 7.02. The van der Waals surface area contributed by atoms with E-state index in [1.54, 1.807) is 48.5 Å². The van der Waals surface area contributed by atoms with E-state index in [0.29, 0.717) is 27.6 Å². The van der Waals surface area contributed by atoms with E-state index in [1.807, 2.05) is 0 Å². The van der Waals surface area contributed by atoms with Gasteiger partial charge in [-0.15, -0.1) is 5.11 Å². The molecular formula is C15H10Cl2N2O2. The third kappa shape index (κ3) is 4.15. The summed E-state index contributed by atoms with van der Waals surface area (Å²) in [6.07, 6.45) is 0.621. The van der Waals surface area contributed by atoms with E-state index in [4.69, 9.17) is 28.3 Å². The Morgan fingerprint density at radius 3 is 2.00 bits per heavy atom. The van der Waals surface area contributed by atoms with Crippen molar-refractivity contribution in [3.8, 4) is 0 Å². The molecule has 21 heavy (non-hydrogen) atoms. The average molecular weight is 321 g/mol. The fourth-order valence-corrected chi connectivity index (χ4v) is 1.75. The number of hydrogen-bond acceptors (Lipinski definition) is 4. The van der Waals surface area contributed by atoms with Gasteiger partial charge in [0.15, 0.2) is 5.70 Å². The van der Waals surface area contributed by atoms with Gasteiger partial charge in [0.2, 0.25) is 5.78 Å². The predicted octanol–water partition coefficient (Wildman–Crippen LogP) is 5.36. The van der Waals surface area contributed by atoms with Gasteiger partial charge in [-0.2, -0.15) is 5.11 Å². The third-order valence-electron chi connectivity index (χ3n) is 2.56. The van der Waals surface area contributed by atoms with E-state index in [9.17, 15) is 4.79 Å². The van der Waals surface area contributed by atoms with Gasteiger partial charge in [0.1, 0.15) is 6.26 Å². The number of azo groups is 1. The predicted molar refractivity (Wildman–Crippen MR) is 82.5 cm³/mol. The largest absolute Gasteiger partial charge is 0.513 e. The van der Waals surface area contributed by atoms with Crippen LogP contribution in [-0.2, 0) is 0 Å². The number of aliphatic hydroxyl groups is 1. The normalized spacial score (nSPS) is 11.8. The molecule has 0 aliphatic heterocycles. The molecule has 0 unspecified atom stereocenters. The molecule has 0 bridgehead atoms. The summed E-state index contributed by atoms with van der Waals surface area (Å²) in [7, 11) is 0. The van der Waals surface area contributed by atoms with Crippen molar-refractivity contribution < 1.29 is 9.90 Å². The number of Topliss-reactive ketones (excluding diaryl/α,β-unsaturated/α-hetero) is 1. The first-order valence-corrected chi connectivity index (χ1v) is 6.67. The van der Waals surface area contributed by atoms with E-state index in [0.717, 1.165) is 0 Å². The van der Waals surface area contributed by atoms with Crippen LogP contribution in [0.2, 0.25) is 10.0 Å². The van der Waals surface area contributed by atoms with E-state index >= 15 is 0 Å². The summed E-state index contributed by atoms with van der Waals surface area (Å²) in [6.45, 7) is 0. The number of hydrogen-bond donors (Lipinski definition) is 1. The van der Waals surface area contributed by atoms with Gasteiger partial charge in [-0.1, -0.05) is 23.2 Å². The highest BCUT2D eigenvalue weighted by atomic mass is 35.5. The fourth-order valence-electron chi connectivity index (χ4n) is 1.50. The third-order valence-corrected chi connectivity index (χ3v) is 3.07. The van der Waals surface area contributed by atoms with Gasteiger partial charge in [-0.25, -0.2) is 0 Å². The molecule has 0 spiro atoms. The van der Waals surface area contributed by atoms with Crippen LogP contribution in [0.1, 0.15) is 10.4 Å². The van der Waals surface area contributed by atoms with Crippen LogP contribution < -0.4 is 0 Å². The number of carbonyl (C=O) groups excluding carboxylic acids is 1. The maximum Gasteiger partial charge on any atom is 0.216 e. The summed E-state index contributed by atoms with van der Waals surface area (Å²) in [6, 6.07) is 12.9. The topological polar surface area (TPSA) is 62.0 Å². The zero-order valence-corrected chi connectivity index (χ0v) is 12.2. The molecule has 0 amide bonds. The number of carbonyl (C=O) groups is 1. The molecule has 0 radical (unpaired) electrons. The minimum atomic E-state index is -0.452. The van der Waals surface area contributed by atoms with Crippen LogP contribution in [-0.4, -0.2) is 10.9 Å². The van der Waals surface area contributed by atoms with Gasteiger partial charge in [0, 0.05) is 15.6 Å². The quantitative estimate of drug-likeness (QED) is 0.357. The SMILES string of the molecule is O=C(C(=CO)N=Nc1ccc(Cl)cc1)c1ccc(Cl)cc1. The lowest BCUT2D eigenvalue weighted by Crippen LogP contribution is -2.01. The number of halogens is 2. The van der Waals surface area contributed by atoms with Crippen molar-refractivity contribution in [1.82, 2.24) is 0 Å². The van der Waals surface area contributed by atoms with Crippen LogP contribution >= 0.6 is 23.2 Å². The van der Waals surface area contributed by atoms with Crippen molar-refractivity contribution in [3.63, 3.8) is 0 Å². The molecule has 6 heteroatoms. The molecule has 0 fully saturated rings. The smallest absolute Gasteiger partial charge is 0.216 e. The lowest BCUT2D eigenvalue weighted by Gasteiger charge is -2.00. The lowest BCUT2D eigenvalue weighted by molar-refractivity contribution is 0.102. The molecule has 106 valence electrons. The van der Waals surface area contributed by atoms with Gasteiger partial charge < -0.3 is 5.11 Å². The Morgan fingerprint density at radius 2 is 1.48 bits per heavy atom. The molecule has 0 heterocycles. The Balaban J connectivity index is 2.18. The Morgan fingerprint density at radius 1 is 0.952 bits per heavy atom. The minimum Gasteiger partial charge on any atom is -0.513 e. The second-order valence-electron chi connectivity index (χ2n) is 4.03. The molecule has 2 rings (SSSR count). The maximum atomic E-state index is 12.1. The first-order valence-electron chi connectivity index (χ1n) is 5.92. The highest BCUT2D eigenvalue weighted by molar-refractivity contribution is 6.31. The summed E-state index contributed by atoms with van der Waals surface area (Å²) in [5.74, 6) is -0.452. The fraction of sp³-hybridized carbons (Fsp3) is 0. The van der Waals surface area contributed by atoms with Crippen molar-refractivity contribution in [2.45, 2.75) is 0 Å². The summed E-state index contributed by atoms with van der Waals surface area (Å²) >= 11 is 11.5. The van der Waals surface area contributed by atoms with Gasteiger partial charge in [-0.3, -0.25) is 4.79 Å². The van der Waals surface area contributed by atoms with Crippen LogP contribution in [0, 0.1) is 0 Å². The van der Waals surface area contributed by atoms with Crippen molar-refractivity contribution >= 4 is 34.7 Å². The minimum absolute atomic E-state index is 0.174. The number of allylic oxidation sites excluding steroid dienone is 1. The first kappa shape index (κ1) is 15.2. The average Bonchev–Trinajstić information content (AvgIpc) is 2.50. The van der Waals surface area contributed by atoms with Crippen molar-refractivity contribution in [2.75, 3.05) is 0 Å². The van der Waals surface area contributed by atoms with Crippen molar-refractivity contribution in [1.29, 1.82) is 0 Å². The van der Waals surface area contributed by atoms with Gasteiger partial charge >= 0.3 is 0 Å². The van der Waals surface area contributed by atoms with E-state index in [1.165, 1.54) is 0 Å². The Labute approximate surface area is 131 Å². The number of aliphatic hydroxyl groups excluding tert-OH is 1. The summed E-state index contributed by atoms with van der Waals surface area (Å²) in [5.41, 5.74) is 0.699. The number of rotatable bonds is 4. The van der Waals surface area contributed by atoms with Gasteiger partial charge in [0.25, 0.3) is 0 Å². The molecule has 1 N–H and O–H groups in total. The van der Waals surface area contributed by atoms with Crippen molar-refractivity contribution in [3.05, 3.63) is 76.1 Å². The zero-order chi connectivity index (χ0) is 15.2. The summed E-state index contributed by atoms with van der Waals surface area (Å²) < 4.78 is 0. The molecular weight excluding hydrogens is 311 g/mol. The summed E-state index contributed by atoms with van der Waals surface area (Å²) in [5, 5.41) is 17.9. The lowest BCUT2D eigenvalue weighted by atomic mass is 10.1. The van der Waals surface area contributed by atoms with Gasteiger partial charge in [0.05, 0.1) is 5.69 Å². The molecule has 0 saturated carbocycles. The highest BCUT2D eigenvalue weighted by Gasteiger charge is 2.12. The summed E-state index contributed by atoms with van der Waals surface area (Å²) in [4.78, 5) is 12.1. The number of ketones is 1. The second-order valence-corrected chi connectivity index (χ2v) is 4.90. The zero-order valence-electron chi connectivity index (χ0n) is 10.7. The van der Waals surface area contributed by atoms with Crippen LogP contribution in [0.25, 0.3) is 0 Å². The Bertz CT molecular complexity index is 693. The molecule has 2 aromatic rings. The maximum absolute atomic E-state index is 12.1. The van der Waals surface area contributed by atoms with E-state index < -0.39 is 5.78 Å². The Hall–Kier alpha value is -2.17. The molecule has 0 atom stereocenters. The van der Waals surface area contributed by atoms with Crippen LogP contribution in [0.5, 0.6) is 0 Å². The molecule has 0 aliphatic rings. The van der Waals surface area contributed by atoms with Gasteiger partial charge in [-0.05, 0) is 48.5 Å². The first-order chi connectivity index (χ1) is 10.1. The number of nitrogens with zero attached hydrogens (tertiary/aromatic N) is 2. The number of benzene rings is 2. The van der Waals surface area contributed by atoms with Crippen LogP contribution in [0.15, 0.2) is 70.7 Å². The highest BCUT2D eigenvalue weighted by Crippen LogP contribution is 2.19. The molecule has 4 nitrogen and oxygen atoms in total. The van der Waals surface area contributed by atoms with Crippen LogP contribution in [0.3, 0.4) is 0 Å². The standard InChI is InChI=1S/C15H10Cl2N2O2/c16-11-3-1-10(2-4-11)15(21)14(9-20)19-18-13-7-5-12(17)6-8-13/h1-9,20H. The molecule has 0 saturated heterocycles. The molecule has 2 aromatic carbocycles. The van der Waals surface area contributed by atoms with E-state index in [2.05, 4.69) is 10.2 Å². The van der Waals surface area contributed by atoms with Crippen molar-refractivity contribution in [2.24, 2.45) is 10.2 Å². The van der Waals surface area contributed by atoms with Crippen LogP contribution in [0.4, 0.5) is 5.69 Å². The monoisotopic (exact) mass is 320 g/mol. The molecule has 0 aliphatic carbocycles. The van der Waals surface area contributed by atoms with E-state index in [-0.39, 0.29) is 5.70 Å². The Kier molecular flexibility index (Phi) is 5.09.